The summed E-state index contributed by atoms with van der Waals surface area (Å²) in [6.45, 7) is 9.41. The van der Waals surface area contributed by atoms with Crippen LogP contribution < -0.4 is 0 Å². The monoisotopic (exact) mass is 235 g/mol. The van der Waals surface area contributed by atoms with Crippen LogP contribution in [0.1, 0.15) is 34.1 Å². The van der Waals surface area contributed by atoms with Gasteiger partial charge < -0.3 is 4.90 Å². The fourth-order valence-electron chi connectivity index (χ4n) is 2.28. The standard InChI is InChI=1S/C15H25NO/c1-6-16(5)15(17)14-9-7-8-13(12(14)4)10-11(2)3/h7-9,11-12,14H,6,10H2,1-5H3. The Labute approximate surface area is 105 Å². The molecule has 0 bridgehead atoms. The van der Waals surface area contributed by atoms with Crippen LogP contribution in [0.4, 0.5) is 0 Å². The van der Waals surface area contributed by atoms with Crippen LogP contribution in [-0.4, -0.2) is 24.4 Å². The molecule has 0 aromatic carbocycles. The van der Waals surface area contributed by atoms with Crippen molar-refractivity contribution in [2.75, 3.05) is 13.6 Å². The molecule has 1 rings (SSSR count). The summed E-state index contributed by atoms with van der Waals surface area (Å²) in [5.74, 6) is 1.25. The second-order valence-corrected chi connectivity index (χ2v) is 5.39. The average Bonchev–Trinajstić information content (AvgIpc) is 2.29. The van der Waals surface area contributed by atoms with Crippen molar-refractivity contribution in [2.45, 2.75) is 34.1 Å². The molecule has 0 fully saturated rings. The first-order valence-corrected chi connectivity index (χ1v) is 6.59. The van der Waals surface area contributed by atoms with E-state index in [-0.39, 0.29) is 11.8 Å². The van der Waals surface area contributed by atoms with Gasteiger partial charge >= 0.3 is 0 Å². The molecule has 0 saturated heterocycles. The van der Waals surface area contributed by atoms with Crippen molar-refractivity contribution in [1.82, 2.24) is 4.90 Å². The first-order valence-electron chi connectivity index (χ1n) is 6.59. The lowest BCUT2D eigenvalue weighted by molar-refractivity contribution is -0.133. The predicted molar refractivity (Wildman–Crippen MR) is 72.6 cm³/mol. The zero-order valence-corrected chi connectivity index (χ0v) is 11.7. The highest BCUT2D eigenvalue weighted by Gasteiger charge is 2.28. The molecule has 0 radical (unpaired) electrons. The highest BCUT2D eigenvalue weighted by atomic mass is 16.2. The van der Waals surface area contributed by atoms with Crippen LogP contribution in [0.5, 0.6) is 0 Å². The molecule has 2 unspecified atom stereocenters. The Balaban J connectivity index is 2.76. The van der Waals surface area contributed by atoms with Gasteiger partial charge in [0.1, 0.15) is 0 Å². The molecule has 2 atom stereocenters. The quantitative estimate of drug-likeness (QED) is 0.732. The number of carbonyl (C=O) groups is 1. The molecule has 0 aromatic heterocycles. The first-order chi connectivity index (χ1) is 7.97. The molecule has 0 saturated carbocycles. The molecule has 17 heavy (non-hydrogen) atoms. The summed E-state index contributed by atoms with van der Waals surface area (Å²) < 4.78 is 0. The van der Waals surface area contributed by atoms with E-state index >= 15 is 0 Å². The van der Waals surface area contributed by atoms with E-state index in [1.807, 2.05) is 31.0 Å². The molecule has 0 spiro atoms. The third-order valence-electron chi connectivity index (χ3n) is 3.53. The summed E-state index contributed by atoms with van der Waals surface area (Å²) in [4.78, 5) is 14.0. The second-order valence-electron chi connectivity index (χ2n) is 5.39. The van der Waals surface area contributed by atoms with Crippen molar-refractivity contribution < 1.29 is 4.79 Å². The number of nitrogens with zero attached hydrogens (tertiary/aromatic N) is 1. The molecular weight excluding hydrogens is 210 g/mol. The Morgan fingerprint density at radius 3 is 2.65 bits per heavy atom. The molecule has 0 N–H and O–H groups in total. The maximum atomic E-state index is 12.2. The number of amides is 1. The molecule has 2 heteroatoms. The lowest BCUT2D eigenvalue weighted by Gasteiger charge is -2.29. The molecule has 0 aliphatic heterocycles. The minimum atomic E-state index is 0.0266. The minimum Gasteiger partial charge on any atom is -0.346 e. The van der Waals surface area contributed by atoms with Gasteiger partial charge in [0.05, 0.1) is 5.92 Å². The largest absolute Gasteiger partial charge is 0.346 e. The number of allylic oxidation sites excluding steroid dienone is 3. The third-order valence-corrected chi connectivity index (χ3v) is 3.53. The number of hydrogen-bond donors (Lipinski definition) is 0. The van der Waals surface area contributed by atoms with Crippen molar-refractivity contribution >= 4 is 5.91 Å². The Bertz CT molecular complexity index is 328. The van der Waals surface area contributed by atoms with E-state index in [1.54, 1.807) is 0 Å². The van der Waals surface area contributed by atoms with Gasteiger partial charge in [-0.15, -0.1) is 0 Å². The van der Waals surface area contributed by atoms with Crippen molar-refractivity contribution in [3.05, 3.63) is 23.8 Å². The van der Waals surface area contributed by atoms with Crippen LogP contribution in [0, 0.1) is 17.8 Å². The Hall–Kier alpha value is -1.05. The van der Waals surface area contributed by atoms with Gasteiger partial charge in [-0.2, -0.15) is 0 Å². The molecular formula is C15H25NO. The van der Waals surface area contributed by atoms with Crippen LogP contribution in [0.2, 0.25) is 0 Å². The summed E-state index contributed by atoms with van der Waals surface area (Å²) >= 11 is 0. The minimum absolute atomic E-state index is 0.0266. The Kier molecular flexibility index (Phi) is 4.98. The fourth-order valence-corrected chi connectivity index (χ4v) is 2.28. The molecule has 2 nitrogen and oxygen atoms in total. The molecule has 0 heterocycles. The van der Waals surface area contributed by atoms with Crippen molar-refractivity contribution in [1.29, 1.82) is 0 Å². The zero-order chi connectivity index (χ0) is 13.0. The molecule has 1 aliphatic rings. The molecule has 1 amide bonds. The summed E-state index contributed by atoms with van der Waals surface area (Å²) in [5, 5.41) is 0. The fraction of sp³-hybridized carbons (Fsp3) is 0.667. The predicted octanol–water partition coefficient (Wildman–Crippen LogP) is 3.26. The van der Waals surface area contributed by atoms with Crippen LogP contribution in [0.25, 0.3) is 0 Å². The maximum Gasteiger partial charge on any atom is 0.229 e. The maximum absolute atomic E-state index is 12.2. The lowest BCUT2D eigenvalue weighted by atomic mass is 9.79. The van der Waals surface area contributed by atoms with Gasteiger partial charge in [-0.3, -0.25) is 4.79 Å². The van der Waals surface area contributed by atoms with E-state index in [4.69, 9.17) is 0 Å². The van der Waals surface area contributed by atoms with Gasteiger partial charge in [-0.25, -0.2) is 0 Å². The lowest BCUT2D eigenvalue weighted by Crippen LogP contribution is -2.36. The zero-order valence-electron chi connectivity index (χ0n) is 11.7. The van der Waals surface area contributed by atoms with E-state index < -0.39 is 0 Å². The molecule has 96 valence electrons. The van der Waals surface area contributed by atoms with E-state index in [0.717, 1.165) is 13.0 Å². The average molecular weight is 235 g/mol. The normalized spacial score (nSPS) is 23.8. The summed E-state index contributed by atoms with van der Waals surface area (Å²) in [6.07, 6.45) is 7.36. The summed E-state index contributed by atoms with van der Waals surface area (Å²) in [7, 11) is 1.88. The van der Waals surface area contributed by atoms with Crippen LogP contribution in [0.3, 0.4) is 0 Å². The SMILES string of the molecule is CCN(C)C(=O)C1C=CC=C(CC(C)C)C1C. The second kappa shape index (κ2) is 6.04. The van der Waals surface area contributed by atoms with E-state index in [1.165, 1.54) is 5.57 Å². The van der Waals surface area contributed by atoms with Crippen LogP contribution in [-0.2, 0) is 4.79 Å². The highest BCUT2D eigenvalue weighted by Crippen LogP contribution is 2.31. The molecule has 1 aliphatic carbocycles. The third kappa shape index (κ3) is 3.45. The summed E-state index contributed by atoms with van der Waals surface area (Å²) in [5.41, 5.74) is 1.41. The van der Waals surface area contributed by atoms with Gasteiger partial charge in [-0.05, 0) is 25.2 Å². The van der Waals surface area contributed by atoms with Crippen molar-refractivity contribution in [3.63, 3.8) is 0 Å². The van der Waals surface area contributed by atoms with Gasteiger partial charge in [0.2, 0.25) is 5.91 Å². The number of carbonyl (C=O) groups excluding carboxylic acids is 1. The van der Waals surface area contributed by atoms with Gasteiger partial charge in [0.25, 0.3) is 0 Å². The Morgan fingerprint density at radius 2 is 2.12 bits per heavy atom. The smallest absolute Gasteiger partial charge is 0.229 e. The van der Waals surface area contributed by atoms with Crippen LogP contribution >= 0.6 is 0 Å². The van der Waals surface area contributed by atoms with E-state index in [2.05, 4.69) is 26.8 Å². The number of rotatable bonds is 4. The first kappa shape index (κ1) is 14.0. The molecule has 0 aromatic rings. The highest BCUT2D eigenvalue weighted by molar-refractivity contribution is 5.81. The number of hydrogen-bond acceptors (Lipinski definition) is 1. The van der Waals surface area contributed by atoms with Crippen molar-refractivity contribution in [3.8, 4) is 0 Å². The van der Waals surface area contributed by atoms with Gasteiger partial charge in [0, 0.05) is 13.6 Å². The van der Waals surface area contributed by atoms with E-state index in [9.17, 15) is 4.79 Å². The van der Waals surface area contributed by atoms with Crippen molar-refractivity contribution in [2.24, 2.45) is 17.8 Å². The Morgan fingerprint density at radius 1 is 1.47 bits per heavy atom. The van der Waals surface area contributed by atoms with Gasteiger partial charge in [-0.1, -0.05) is 44.6 Å². The van der Waals surface area contributed by atoms with Gasteiger partial charge in [0.15, 0.2) is 0 Å². The topological polar surface area (TPSA) is 20.3 Å². The summed E-state index contributed by atoms with van der Waals surface area (Å²) in [6, 6.07) is 0. The van der Waals surface area contributed by atoms with E-state index in [0.29, 0.717) is 11.8 Å². The van der Waals surface area contributed by atoms with Crippen LogP contribution in [0.15, 0.2) is 23.8 Å².